The van der Waals surface area contributed by atoms with Crippen molar-refractivity contribution in [1.29, 1.82) is 0 Å². The van der Waals surface area contributed by atoms with Crippen LogP contribution in [0.3, 0.4) is 0 Å². The molecule has 0 aliphatic carbocycles. The lowest BCUT2D eigenvalue weighted by Gasteiger charge is -2.10. The van der Waals surface area contributed by atoms with Crippen LogP contribution < -0.4 is 10.0 Å². The van der Waals surface area contributed by atoms with Gasteiger partial charge in [-0.2, -0.15) is 0 Å². The minimum Gasteiger partial charge on any atom is -0.311 e. The van der Waals surface area contributed by atoms with Crippen LogP contribution in [0.4, 0.5) is 0 Å². The molecule has 0 atom stereocenters. The van der Waals surface area contributed by atoms with E-state index in [9.17, 15) is 0 Å². The summed E-state index contributed by atoms with van der Waals surface area (Å²) in [5.74, 6) is 0. The van der Waals surface area contributed by atoms with Gasteiger partial charge in [-0.25, -0.2) is 0 Å². The Morgan fingerprint density at radius 2 is 1.63 bits per heavy atom. The summed E-state index contributed by atoms with van der Waals surface area (Å²) in [6.07, 6.45) is 0. The molecular weight excluding hydrogens is 367 g/mol. The lowest BCUT2D eigenvalue weighted by Crippen LogP contribution is -2.23. The Labute approximate surface area is 131 Å². The van der Waals surface area contributed by atoms with Crippen molar-refractivity contribution in [2.75, 3.05) is 13.1 Å². The summed E-state index contributed by atoms with van der Waals surface area (Å²) in [5.41, 5.74) is 3.93. The second-order valence-electron chi connectivity index (χ2n) is 4.17. The average molecular weight is 384 g/mol. The van der Waals surface area contributed by atoms with Gasteiger partial charge in [0.1, 0.15) is 0 Å². The molecule has 4 heteroatoms. The van der Waals surface area contributed by atoms with E-state index in [-0.39, 0.29) is 0 Å². The molecule has 0 aliphatic rings. The molecule has 0 fully saturated rings. The van der Waals surface area contributed by atoms with Crippen molar-refractivity contribution in [2.24, 2.45) is 0 Å². The van der Waals surface area contributed by atoms with Gasteiger partial charge in [0.05, 0.1) is 0 Å². The standard InChI is InChI=1S/C15H17IN2S/c16-19-18-11-10-17-12-14-8-4-5-9-15(14)13-6-2-1-3-7-13/h1-9,17-18H,10-12H2. The minimum absolute atomic E-state index is 0.901. The van der Waals surface area contributed by atoms with Crippen LogP contribution in [0.15, 0.2) is 54.6 Å². The van der Waals surface area contributed by atoms with Crippen molar-refractivity contribution in [2.45, 2.75) is 6.54 Å². The van der Waals surface area contributed by atoms with Crippen LogP contribution in [-0.2, 0) is 6.54 Å². The molecule has 0 bridgehead atoms. The molecule has 0 unspecified atom stereocenters. The molecule has 0 aromatic heterocycles. The van der Waals surface area contributed by atoms with Gasteiger partial charge in [-0.15, -0.1) is 0 Å². The molecule has 0 radical (unpaired) electrons. The first-order valence-electron chi connectivity index (χ1n) is 6.26. The van der Waals surface area contributed by atoms with Crippen LogP contribution in [0.1, 0.15) is 5.56 Å². The second-order valence-corrected chi connectivity index (χ2v) is 5.94. The van der Waals surface area contributed by atoms with Crippen molar-refractivity contribution in [3.8, 4) is 11.1 Å². The topological polar surface area (TPSA) is 24.1 Å². The van der Waals surface area contributed by atoms with Crippen LogP contribution >= 0.6 is 30.3 Å². The molecule has 2 N–H and O–H groups in total. The maximum Gasteiger partial charge on any atom is 0.0212 e. The lowest BCUT2D eigenvalue weighted by atomic mass is 10.00. The third-order valence-corrected chi connectivity index (χ3v) is 4.12. The summed E-state index contributed by atoms with van der Waals surface area (Å²) in [6, 6.07) is 19.1. The highest BCUT2D eigenvalue weighted by Crippen LogP contribution is 2.23. The SMILES string of the molecule is ISNCCNCc1ccccc1-c1ccccc1. The van der Waals surface area contributed by atoms with Gasteiger partial charge in [-0.3, -0.25) is 4.72 Å². The Hall–Kier alpha value is -0.560. The first kappa shape index (κ1) is 14.8. The largest absolute Gasteiger partial charge is 0.311 e. The number of hydrogen-bond acceptors (Lipinski definition) is 3. The maximum absolute atomic E-state index is 3.47. The average Bonchev–Trinajstić information content (AvgIpc) is 2.48. The number of benzene rings is 2. The van der Waals surface area contributed by atoms with Gasteiger partial charge >= 0.3 is 0 Å². The van der Waals surface area contributed by atoms with Gasteiger partial charge < -0.3 is 5.32 Å². The molecule has 100 valence electrons. The van der Waals surface area contributed by atoms with E-state index in [1.165, 1.54) is 16.7 Å². The van der Waals surface area contributed by atoms with Crippen molar-refractivity contribution >= 4 is 30.3 Å². The van der Waals surface area contributed by atoms with Crippen LogP contribution in [0, 0.1) is 0 Å². The predicted octanol–water partition coefficient (Wildman–Crippen LogP) is 4.03. The van der Waals surface area contributed by atoms with E-state index in [2.05, 4.69) is 85.8 Å². The fraction of sp³-hybridized carbons (Fsp3) is 0.200. The highest BCUT2D eigenvalue weighted by molar-refractivity contribution is 14.2. The van der Waals surface area contributed by atoms with Gasteiger partial charge in [-0.1, -0.05) is 54.6 Å². The fourth-order valence-corrected chi connectivity index (χ4v) is 2.81. The maximum atomic E-state index is 3.47. The van der Waals surface area contributed by atoms with E-state index in [0.29, 0.717) is 0 Å². The zero-order chi connectivity index (χ0) is 13.3. The van der Waals surface area contributed by atoms with E-state index in [1.54, 1.807) is 9.12 Å². The fourth-order valence-electron chi connectivity index (χ4n) is 1.97. The highest BCUT2D eigenvalue weighted by atomic mass is 127. The van der Waals surface area contributed by atoms with Crippen LogP contribution in [0.2, 0.25) is 0 Å². The Kier molecular flexibility index (Phi) is 6.70. The number of hydrogen-bond donors (Lipinski definition) is 2. The Bertz CT molecular complexity index is 491. The molecule has 0 aliphatic heterocycles. The molecule has 0 amide bonds. The van der Waals surface area contributed by atoms with Crippen LogP contribution in [-0.4, -0.2) is 13.1 Å². The number of nitrogens with one attached hydrogen (secondary N) is 2. The number of halogens is 1. The van der Waals surface area contributed by atoms with E-state index in [4.69, 9.17) is 0 Å². The van der Waals surface area contributed by atoms with Crippen molar-refractivity contribution in [3.63, 3.8) is 0 Å². The molecule has 2 aromatic carbocycles. The quantitative estimate of drug-likeness (QED) is 0.428. The first-order chi connectivity index (χ1) is 9.42. The van der Waals surface area contributed by atoms with Gasteiger partial charge in [0.25, 0.3) is 0 Å². The lowest BCUT2D eigenvalue weighted by molar-refractivity contribution is 0.683. The summed E-state index contributed by atoms with van der Waals surface area (Å²) in [7, 11) is 1.63. The molecule has 0 saturated heterocycles. The molecule has 2 rings (SSSR count). The smallest absolute Gasteiger partial charge is 0.0212 e. The third-order valence-electron chi connectivity index (χ3n) is 2.88. The zero-order valence-corrected chi connectivity index (χ0v) is 13.6. The number of rotatable bonds is 7. The van der Waals surface area contributed by atoms with E-state index < -0.39 is 0 Å². The summed E-state index contributed by atoms with van der Waals surface area (Å²) in [5, 5.41) is 3.47. The predicted molar refractivity (Wildman–Crippen MR) is 93.2 cm³/mol. The molecular formula is C15H17IN2S. The second kappa shape index (κ2) is 8.58. The van der Waals surface area contributed by atoms with Gasteiger partial charge in [0.15, 0.2) is 0 Å². The Morgan fingerprint density at radius 3 is 2.42 bits per heavy atom. The summed E-state index contributed by atoms with van der Waals surface area (Å²) >= 11 is 2.24. The molecule has 19 heavy (non-hydrogen) atoms. The minimum atomic E-state index is 0.901. The molecule has 0 spiro atoms. The highest BCUT2D eigenvalue weighted by Gasteiger charge is 2.03. The monoisotopic (exact) mass is 384 g/mol. The van der Waals surface area contributed by atoms with E-state index in [0.717, 1.165) is 19.6 Å². The molecule has 2 aromatic rings. The van der Waals surface area contributed by atoms with Crippen LogP contribution in [0.25, 0.3) is 11.1 Å². The molecule has 2 nitrogen and oxygen atoms in total. The van der Waals surface area contributed by atoms with Crippen molar-refractivity contribution in [3.05, 3.63) is 60.2 Å². The van der Waals surface area contributed by atoms with Gasteiger partial charge in [-0.05, 0) is 25.8 Å². The molecule has 0 saturated carbocycles. The van der Waals surface area contributed by atoms with Crippen molar-refractivity contribution in [1.82, 2.24) is 10.0 Å². The Morgan fingerprint density at radius 1 is 0.895 bits per heavy atom. The van der Waals surface area contributed by atoms with Crippen LogP contribution in [0.5, 0.6) is 0 Å². The zero-order valence-electron chi connectivity index (χ0n) is 10.6. The normalized spacial score (nSPS) is 10.6. The van der Waals surface area contributed by atoms with Gasteiger partial charge in [0.2, 0.25) is 0 Å². The van der Waals surface area contributed by atoms with Crippen molar-refractivity contribution < 1.29 is 0 Å². The van der Waals surface area contributed by atoms with E-state index >= 15 is 0 Å². The van der Waals surface area contributed by atoms with Gasteiger partial charge in [0, 0.05) is 40.8 Å². The third kappa shape index (κ3) is 4.80. The first-order valence-corrected chi connectivity index (χ1v) is 9.62. The summed E-state index contributed by atoms with van der Waals surface area (Å²) in [4.78, 5) is 0. The van der Waals surface area contributed by atoms with E-state index in [1.807, 2.05) is 0 Å². The molecule has 0 heterocycles. The summed E-state index contributed by atoms with van der Waals surface area (Å²) in [6.45, 7) is 2.85. The Balaban J connectivity index is 2.01. The summed E-state index contributed by atoms with van der Waals surface area (Å²) < 4.78 is 3.22.